The second-order valence-electron chi connectivity index (χ2n) is 7.82. The maximum Gasteiger partial charge on any atom is 0.326 e. The summed E-state index contributed by atoms with van der Waals surface area (Å²) >= 11 is 4.23. The molecule has 0 aromatic carbocycles. The van der Waals surface area contributed by atoms with E-state index in [4.69, 9.17) is 10.8 Å². The van der Waals surface area contributed by atoms with Crippen molar-refractivity contribution in [1.82, 2.24) is 10.6 Å². The first-order valence-corrected chi connectivity index (χ1v) is 11.1. The van der Waals surface area contributed by atoms with Crippen molar-refractivity contribution in [3.8, 4) is 0 Å². The molecule has 7 nitrogen and oxygen atoms in total. The highest BCUT2D eigenvalue weighted by atomic mass is 32.1. The van der Waals surface area contributed by atoms with E-state index in [9.17, 15) is 14.7 Å². The summed E-state index contributed by atoms with van der Waals surface area (Å²) < 4.78 is 0. The molecular weight excluding hydrogens is 378 g/mol. The molecule has 0 aliphatic rings. The van der Waals surface area contributed by atoms with E-state index in [1.54, 1.807) is 0 Å². The molecule has 0 radical (unpaired) electrons. The number of thiol groups is 1. The Bertz CT molecular complexity index is 453. The largest absolute Gasteiger partial charge is 0.480 e. The van der Waals surface area contributed by atoms with Crippen molar-refractivity contribution in [1.29, 1.82) is 0 Å². The lowest BCUT2D eigenvalue weighted by atomic mass is 9.83. The molecule has 6 atom stereocenters. The maximum absolute atomic E-state index is 12.8. The van der Waals surface area contributed by atoms with Crippen LogP contribution >= 0.6 is 12.6 Å². The zero-order valence-electron chi connectivity index (χ0n) is 17.9. The van der Waals surface area contributed by atoms with Crippen LogP contribution in [-0.4, -0.2) is 59.1 Å². The Hall–Kier alpha value is -0.830. The zero-order chi connectivity index (χ0) is 21.7. The van der Waals surface area contributed by atoms with Gasteiger partial charge in [0.2, 0.25) is 5.91 Å². The van der Waals surface area contributed by atoms with Crippen molar-refractivity contribution in [3.05, 3.63) is 0 Å². The number of aliphatic hydroxyl groups is 1. The molecule has 0 saturated heterocycles. The summed E-state index contributed by atoms with van der Waals surface area (Å²) in [5.41, 5.74) is 5.97. The minimum Gasteiger partial charge on any atom is -0.480 e. The van der Waals surface area contributed by atoms with E-state index in [1.165, 1.54) is 0 Å². The minimum absolute atomic E-state index is 0.00691. The summed E-state index contributed by atoms with van der Waals surface area (Å²) in [4.78, 5) is 24.1. The number of carbonyl (C=O) groups excluding carboxylic acids is 1. The molecule has 8 heteroatoms. The number of nitrogens with two attached hydrogens (primary N) is 1. The van der Waals surface area contributed by atoms with Gasteiger partial charge in [-0.15, -0.1) is 0 Å². The fraction of sp³-hybridized carbons (Fsp3) is 0.900. The summed E-state index contributed by atoms with van der Waals surface area (Å²) in [5.74, 6) is -0.442. The van der Waals surface area contributed by atoms with Crippen LogP contribution in [0.3, 0.4) is 0 Å². The summed E-state index contributed by atoms with van der Waals surface area (Å²) in [5, 5.41) is 24.4. The van der Waals surface area contributed by atoms with Gasteiger partial charge in [-0.1, -0.05) is 40.5 Å². The van der Waals surface area contributed by atoms with Gasteiger partial charge in [0.25, 0.3) is 0 Å². The van der Waals surface area contributed by atoms with Gasteiger partial charge < -0.3 is 26.6 Å². The van der Waals surface area contributed by atoms with Gasteiger partial charge in [-0.05, 0) is 24.7 Å². The fourth-order valence-electron chi connectivity index (χ4n) is 3.22. The third-order valence-electron chi connectivity index (χ3n) is 5.70. The Balaban J connectivity index is 5.07. The monoisotopic (exact) mass is 419 g/mol. The van der Waals surface area contributed by atoms with Gasteiger partial charge in [-0.25, -0.2) is 4.79 Å². The first-order chi connectivity index (χ1) is 13.2. The number of aliphatic carboxylic acids is 1. The quantitative estimate of drug-likeness (QED) is 0.211. The van der Waals surface area contributed by atoms with Gasteiger partial charge in [0.15, 0.2) is 0 Å². The third-order valence-corrected chi connectivity index (χ3v) is 6.17. The molecule has 0 fully saturated rings. The molecule has 166 valence electrons. The van der Waals surface area contributed by atoms with Gasteiger partial charge in [-0.3, -0.25) is 4.79 Å². The van der Waals surface area contributed by atoms with Crippen LogP contribution in [-0.2, 0) is 9.59 Å². The van der Waals surface area contributed by atoms with Gasteiger partial charge in [0, 0.05) is 43.3 Å². The lowest BCUT2D eigenvalue weighted by Crippen LogP contribution is -2.46. The van der Waals surface area contributed by atoms with Crippen molar-refractivity contribution in [2.45, 2.75) is 77.9 Å². The van der Waals surface area contributed by atoms with Crippen LogP contribution in [0.15, 0.2) is 0 Å². The van der Waals surface area contributed by atoms with E-state index in [-0.39, 0.29) is 42.9 Å². The lowest BCUT2D eigenvalue weighted by molar-refractivity contribution is -0.143. The molecule has 0 aromatic heterocycles. The summed E-state index contributed by atoms with van der Waals surface area (Å²) in [6.07, 6.45) is 3.35. The molecule has 28 heavy (non-hydrogen) atoms. The van der Waals surface area contributed by atoms with E-state index < -0.39 is 12.0 Å². The highest BCUT2D eigenvalue weighted by Crippen LogP contribution is 2.24. The number of amides is 1. The summed E-state index contributed by atoms with van der Waals surface area (Å²) in [6.45, 7) is 8.78. The Morgan fingerprint density at radius 3 is 2.14 bits per heavy atom. The molecule has 6 N–H and O–H groups in total. The predicted molar refractivity (Wildman–Crippen MR) is 117 cm³/mol. The van der Waals surface area contributed by atoms with Gasteiger partial charge >= 0.3 is 5.97 Å². The molecule has 0 aromatic rings. The minimum atomic E-state index is -1.12. The average molecular weight is 420 g/mol. The van der Waals surface area contributed by atoms with E-state index >= 15 is 0 Å². The standard InChI is InChI=1S/C20H41N3O4S/c1-5-13(3)16(19(25)23-18(9-10-24)20(26)27)7-8-17(14(4)6-2)22-11-15(21)12-28/h13-18,22,24,28H,5-12,21H2,1-4H3,(H,23,25)(H,26,27)/t13-,14-,15+,16-,17+,18-/m0/s1. The Labute approximate surface area is 175 Å². The molecule has 0 unspecified atom stereocenters. The lowest BCUT2D eigenvalue weighted by Gasteiger charge is -2.29. The number of hydrogen-bond acceptors (Lipinski definition) is 6. The van der Waals surface area contributed by atoms with Crippen molar-refractivity contribution < 1.29 is 19.8 Å². The second-order valence-corrected chi connectivity index (χ2v) is 8.19. The van der Waals surface area contributed by atoms with E-state index in [2.05, 4.69) is 37.1 Å². The van der Waals surface area contributed by atoms with Crippen LogP contribution in [0.25, 0.3) is 0 Å². The Kier molecular flexibility index (Phi) is 14.6. The van der Waals surface area contributed by atoms with Crippen LogP contribution in [0.1, 0.15) is 59.8 Å². The van der Waals surface area contributed by atoms with Crippen molar-refractivity contribution >= 4 is 24.5 Å². The predicted octanol–water partition coefficient (Wildman–Crippen LogP) is 1.64. The highest BCUT2D eigenvalue weighted by Gasteiger charge is 2.29. The van der Waals surface area contributed by atoms with Gasteiger partial charge in [0.05, 0.1) is 0 Å². The average Bonchev–Trinajstić information content (AvgIpc) is 2.68. The molecule has 0 bridgehead atoms. The molecule has 1 amide bonds. The molecule has 0 heterocycles. The number of carboxylic acids is 1. The second kappa shape index (κ2) is 15.1. The fourth-order valence-corrected chi connectivity index (χ4v) is 3.35. The number of carboxylic acid groups (broad SMARTS) is 1. The smallest absolute Gasteiger partial charge is 0.326 e. The topological polar surface area (TPSA) is 125 Å². The molecule has 0 spiro atoms. The highest BCUT2D eigenvalue weighted by molar-refractivity contribution is 7.80. The van der Waals surface area contributed by atoms with Crippen molar-refractivity contribution in [2.24, 2.45) is 23.5 Å². The van der Waals surface area contributed by atoms with Gasteiger partial charge in [-0.2, -0.15) is 12.6 Å². The number of nitrogens with one attached hydrogen (secondary N) is 2. The number of aliphatic hydroxyl groups excluding tert-OH is 1. The number of carbonyl (C=O) groups is 2. The summed E-state index contributed by atoms with van der Waals surface area (Å²) in [6, 6.07) is -0.831. The molecule has 0 saturated carbocycles. The van der Waals surface area contributed by atoms with Crippen LogP contribution in [0.2, 0.25) is 0 Å². The van der Waals surface area contributed by atoms with Crippen LogP contribution < -0.4 is 16.4 Å². The maximum atomic E-state index is 12.8. The number of rotatable bonds is 16. The van der Waals surface area contributed by atoms with E-state index in [0.29, 0.717) is 24.6 Å². The Morgan fingerprint density at radius 1 is 1.07 bits per heavy atom. The van der Waals surface area contributed by atoms with E-state index in [0.717, 1.165) is 19.3 Å². The zero-order valence-corrected chi connectivity index (χ0v) is 18.8. The number of hydrogen-bond donors (Lipinski definition) is 6. The summed E-state index contributed by atoms with van der Waals surface area (Å²) in [7, 11) is 0. The normalized spacial score (nSPS) is 18.0. The van der Waals surface area contributed by atoms with Crippen LogP contribution in [0, 0.1) is 17.8 Å². The third kappa shape index (κ3) is 10.1. The van der Waals surface area contributed by atoms with Gasteiger partial charge in [0.1, 0.15) is 6.04 Å². The molecule has 0 rings (SSSR count). The molecule has 0 aliphatic heterocycles. The Morgan fingerprint density at radius 2 is 1.68 bits per heavy atom. The first-order valence-electron chi connectivity index (χ1n) is 10.4. The van der Waals surface area contributed by atoms with Crippen molar-refractivity contribution in [2.75, 3.05) is 18.9 Å². The SMILES string of the molecule is CC[C@H](C)[C@H](CC[C@@H](NC[C@@H](N)CS)[C@@H](C)CC)C(=O)N[C@@H](CCO)C(=O)O. The molecule has 0 aliphatic carbocycles. The van der Waals surface area contributed by atoms with Crippen LogP contribution in [0.4, 0.5) is 0 Å². The van der Waals surface area contributed by atoms with Crippen molar-refractivity contribution in [3.63, 3.8) is 0 Å². The molecular formula is C20H41N3O4S. The van der Waals surface area contributed by atoms with E-state index in [1.807, 2.05) is 13.8 Å². The first kappa shape index (κ1) is 27.2. The van der Waals surface area contributed by atoms with Crippen LogP contribution in [0.5, 0.6) is 0 Å².